The van der Waals surface area contributed by atoms with E-state index in [1.54, 1.807) is 0 Å². The predicted molar refractivity (Wildman–Crippen MR) is 82.6 cm³/mol. The van der Waals surface area contributed by atoms with E-state index >= 15 is 0 Å². The van der Waals surface area contributed by atoms with Crippen molar-refractivity contribution in [1.82, 2.24) is 0 Å². The molecule has 0 amide bonds. The number of nitrogens with two attached hydrogens (primary N) is 1. The molecule has 2 nitrogen and oxygen atoms in total. The van der Waals surface area contributed by atoms with Crippen LogP contribution in [0, 0.1) is 5.92 Å². The van der Waals surface area contributed by atoms with E-state index in [1.807, 2.05) is 0 Å². The maximum absolute atomic E-state index is 6.12. The lowest BCUT2D eigenvalue weighted by Gasteiger charge is -2.27. The lowest BCUT2D eigenvalue weighted by molar-refractivity contribution is 0.217. The van der Waals surface area contributed by atoms with Crippen molar-refractivity contribution in [3.8, 4) is 5.75 Å². The highest BCUT2D eigenvalue weighted by Crippen LogP contribution is 2.21. The van der Waals surface area contributed by atoms with Crippen LogP contribution >= 0.6 is 0 Å². The molecule has 0 aliphatic heterocycles. The zero-order chi connectivity index (χ0) is 14.5. The Morgan fingerprint density at radius 3 is 2.21 bits per heavy atom. The van der Waals surface area contributed by atoms with Gasteiger partial charge in [0, 0.05) is 5.54 Å². The van der Waals surface area contributed by atoms with Crippen molar-refractivity contribution >= 4 is 0 Å². The molecule has 0 radical (unpaired) electrons. The molecule has 108 valence electrons. The smallest absolute Gasteiger partial charge is 0.119 e. The highest BCUT2D eigenvalue weighted by molar-refractivity contribution is 5.27. The summed E-state index contributed by atoms with van der Waals surface area (Å²) in [5.74, 6) is 1.48. The second-order valence-corrected chi connectivity index (χ2v) is 6.24. The van der Waals surface area contributed by atoms with Gasteiger partial charge in [0.1, 0.15) is 5.75 Å². The first-order chi connectivity index (χ1) is 8.82. The van der Waals surface area contributed by atoms with Crippen molar-refractivity contribution in [3.05, 3.63) is 29.8 Å². The first kappa shape index (κ1) is 16.0. The Balaban J connectivity index is 2.49. The minimum Gasteiger partial charge on any atom is -0.491 e. The third kappa shape index (κ3) is 5.65. The van der Waals surface area contributed by atoms with Crippen LogP contribution in [0.1, 0.15) is 53.0 Å². The molecule has 0 saturated heterocycles. The molecule has 0 saturated carbocycles. The molecule has 0 heterocycles. The summed E-state index contributed by atoms with van der Waals surface area (Å²) in [6.07, 6.45) is 3.51. The Hall–Kier alpha value is -1.02. The highest BCUT2D eigenvalue weighted by Gasteiger charge is 2.19. The highest BCUT2D eigenvalue weighted by atomic mass is 16.5. The zero-order valence-corrected chi connectivity index (χ0v) is 13.1. The van der Waals surface area contributed by atoms with Crippen LogP contribution in [0.2, 0.25) is 0 Å². The average molecular weight is 263 g/mol. The average Bonchev–Trinajstić information content (AvgIpc) is 2.36. The van der Waals surface area contributed by atoms with E-state index in [-0.39, 0.29) is 11.6 Å². The molecule has 1 aromatic rings. The second-order valence-electron chi connectivity index (χ2n) is 6.24. The molecular weight excluding hydrogens is 234 g/mol. The van der Waals surface area contributed by atoms with Crippen LogP contribution in [0.25, 0.3) is 0 Å². The summed E-state index contributed by atoms with van der Waals surface area (Å²) in [5.41, 5.74) is 7.37. The maximum Gasteiger partial charge on any atom is 0.119 e. The van der Waals surface area contributed by atoms with E-state index in [2.05, 4.69) is 58.9 Å². The zero-order valence-electron chi connectivity index (χ0n) is 13.1. The SMILES string of the molecule is CCC(C)Oc1ccc(CCC(C)C(C)(C)N)cc1. The number of ether oxygens (including phenoxy) is 1. The quantitative estimate of drug-likeness (QED) is 0.801. The third-order valence-corrected chi connectivity index (χ3v) is 3.97. The Morgan fingerprint density at radius 1 is 1.16 bits per heavy atom. The molecule has 0 bridgehead atoms. The van der Waals surface area contributed by atoms with E-state index in [0.29, 0.717) is 5.92 Å². The summed E-state index contributed by atoms with van der Waals surface area (Å²) in [7, 11) is 0. The normalized spacial score (nSPS) is 15.1. The van der Waals surface area contributed by atoms with Crippen LogP contribution in [-0.2, 0) is 6.42 Å². The Morgan fingerprint density at radius 2 is 1.74 bits per heavy atom. The lowest BCUT2D eigenvalue weighted by atomic mass is 9.85. The second kappa shape index (κ2) is 6.95. The minimum absolute atomic E-state index is 0.0976. The van der Waals surface area contributed by atoms with Crippen LogP contribution in [0.5, 0.6) is 5.75 Å². The van der Waals surface area contributed by atoms with Gasteiger partial charge in [0.15, 0.2) is 0 Å². The van der Waals surface area contributed by atoms with Crippen LogP contribution in [-0.4, -0.2) is 11.6 Å². The maximum atomic E-state index is 6.12. The molecule has 2 atom stereocenters. The molecule has 0 aliphatic rings. The molecule has 1 rings (SSSR count). The monoisotopic (exact) mass is 263 g/mol. The molecule has 2 unspecified atom stereocenters. The molecule has 1 aromatic carbocycles. The predicted octanol–water partition coefficient (Wildman–Crippen LogP) is 4.17. The van der Waals surface area contributed by atoms with Crippen molar-refractivity contribution in [2.75, 3.05) is 0 Å². The van der Waals surface area contributed by atoms with Gasteiger partial charge in [-0.15, -0.1) is 0 Å². The van der Waals surface area contributed by atoms with E-state index in [0.717, 1.165) is 25.0 Å². The fourth-order valence-corrected chi connectivity index (χ4v) is 1.81. The summed E-state index contributed by atoms with van der Waals surface area (Å²) in [6.45, 7) is 10.6. The Bertz CT molecular complexity index is 364. The van der Waals surface area contributed by atoms with Crippen LogP contribution in [0.3, 0.4) is 0 Å². The number of hydrogen-bond donors (Lipinski definition) is 1. The van der Waals surface area contributed by atoms with Crippen LogP contribution in [0.4, 0.5) is 0 Å². The lowest BCUT2D eigenvalue weighted by Crippen LogP contribution is -2.39. The van der Waals surface area contributed by atoms with Crippen molar-refractivity contribution in [3.63, 3.8) is 0 Å². The van der Waals surface area contributed by atoms with Gasteiger partial charge < -0.3 is 10.5 Å². The molecular formula is C17H29NO. The van der Waals surface area contributed by atoms with E-state index in [4.69, 9.17) is 10.5 Å². The topological polar surface area (TPSA) is 35.2 Å². The summed E-state index contributed by atoms with van der Waals surface area (Å²) in [6, 6.07) is 8.46. The van der Waals surface area contributed by atoms with Crippen molar-refractivity contribution in [2.45, 2.75) is 65.5 Å². The number of rotatable bonds is 7. The summed E-state index contributed by atoms with van der Waals surface area (Å²) in [5, 5.41) is 0. The number of benzene rings is 1. The van der Waals surface area contributed by atoms with Crippen LogP contribution in [0.15, 0.2) is 24.3 Å². The first-order valence-corrected chi connectivity index (χ1v) is 7.37. The minimum atomic E-state index is -0.0976. The fourth-order valence-electron chi connectivity index (χ4n) is 1.81. The van der Waals surface area contributed by atoms with E-state index in [1.165, 1.54) is 5.56 Å². The fraction of sp³-hybridized carbons (Fsp3) is 0.647. The van der Waals surface area contributed by atoms with Gasteiger partial charge in [0.25, 0.3) is 0 Å². The van der Waals surface area contributed by atoms with Crippen LogP contribution < -0.4 is 10.5 Å². The van der Waals surface area contributed by atoms with Crippen molar-refractivity contribution in [1.29, 1.82) is 0 Å². The number of aryl methyl sites for hydroxylation is 1. The molecule has 0 fully saturated rings. The van der Waals surface area contributed by atoms with Gasteiger partial charge in [0.2, 0.25) is 0 Å². The standard InChI is InChI=1S/C17H29NO/c1-6-14(3)19-16-11-9-15(10-12-16)8-7-13(2)17(4,5)18/h9-14H,6-8,18H2,1-5H3. The molecule has 2 N–H and O–H groups in total. The molecule has 0 aromatic heterocycles. The summed E-state index contributed by atoms with van der Waals surface area (Å²) in [4.78, 5) is 0. The molecule has 19 heavy (non-hydrogen) atoms. The van der Waals surface area contributed by atoms with Gasteiger partial charge in [-0.05, 0) is 63.6 Å². The van der Waals surface area contributed by atoms with Gasteiger partial charge in [-0.3, -0.25) is 0 Å². The van der Waals surface area contributed by atoms with Gasteiger partial charge >= 0.3 is 0 Å². The molecule has 0 aliphatic carbocycles. The van der Waals surface area contributed by atoms with E-state index in [9.17, 15) is 0 Å². The van der Waals surface area contributed by atoms with Crippen molar-refractivity contribution < 1.29 is 4.74 Å². The number of hydrogen-bond acceptors (Lipinski definition) is 2. The van der Waals surface area contributed by atoms with E-state index < -0.39 is 0 Å². The summed E-state index contributed by atoms with van der Waals surface area (Å²) >= 11 is 0. The first-order valence-electron chi connectivity index (χ1n) is 7.37. The Kier molecular flexibility index (Phi) is 5.86. The van der Waals surface area contributed by atoms with Gasteiger partial charge in [0.05, 0.1) is 6.10 Å². The molecule has 2 heteroatoms. The van der Waals surface area contributed by atoms with Gasteiger partial charge in [-0.2, -0.15) is 0 Å². The summed E-state index contributed by atoms with van der Waals surface area (Å²) < 4.78 is 5.78. The third-order valence-electron chi connectivity index (χ3n) is 3.97. The van der Waals surface area contributed by atoms with Gasteiger partial charge in [-0.25, -0.2) is 0 Å². The van der Waals surface area contributed by atoms with Gasteiger partial charge in [-0.1, -0.05) is 26.0 Å². The van der Waals surface area contributed by atoms with Crippen molar-refractivity contribution in [2.24, 2.45) is 11.7 Å². The molecule has 0 spiro atoms. The largest absolute Gasteiger partial charge is 0.491 e. The Labute approximate surface area is 118 Å².